The maximum absolute atomic E-state index is 11.9. The molecule has 1 amide bonds. The van der Waals surface area contributed by atoms with Crippen LogP contribution in [0.2, 0.25) is 0 Å². The molecular weight excluding hydrogens is 498 g/mol. The molecule has 3 aromatic rings. The molecule has 0 unspecified atom stereocenters. The number of esters is 1. The number of carbonyl (C=O) groups is 2. The summed E-state index contributed by atoms with van der Waals surface area (Å²) in [6.07, 6.45) is 2.62. The number of rotatable bonds is 8. The number of amides is 1. The third-order valence-electron chi connectivity index (χ3n) is 6.51. The maximum atomic E-state index is 11.9. The van der Waals surface area contributed by atoms with Crippen molar-refractivity contribution in [3.63, 3.8) is 0 Å². The number of alkyl carbamates (subject to hydrolysis) is 1. The van der Waals surface area contributed by atoms with Crippen LogP contribution in [0.15, 0.2) is 60.8 Å². The Hall–Kier alpha value is -4.14. The number of hydrogen-bond donors (Lipinski definition) is 1. The Morgan fingerprint density at radius 3 is 2.03 bits per heavy atom. The fourth-order valence-corrected chi connectivity index (χ4v) is 4.22. The number of carbonyl (C=O) groups excluding carboxylic acids is 2. The van der Waals surface area contributed by atoms with Crippen molar-refractivity contribution >= 4 is 12.1 Å². The molecule has 0 aliphatic heterocycles. The van der Waals surface area contributed by atoms with Crippen LogP contribution in [-0.2, 0) is 14.9 Å². The highest BCUT2D eigenvalue weighted by molar-refractivity contribution is 5.87. The lowest BCUT2D eigenvalue weighted by atomic mass is 9.78. The summed E-state index contributed by atoms with van der Waals surface area (Å²) in [7, 11) is 1.29. The number of hydrogen-bond acceptors (Lipinski definition) is 8. The summed E-state index contributed by atoms with van der Waals surface area (Å²) in [6, 6.07) is 17.4. The van der Waals surface area contributed by atoms with Gasteiger partial charge in [-0.2, -0.15) is 4.98 Å². The molecule has 0 radical (unpaired) electrons. The summed E-state index contributed by atoms with van der Waals surface area (Å²) in [5, 5.41) is 2.89. The number of aromatic nitrogens is 2. The minimum absolute atomic E-state index is 0.0635. The Morgan fingerprint density at radius 1 is 0.872 bits per heavy atom. The lowest BCUT2D eigenvalue weighted by Gasteiger charge is -2.36. The Labute approximate surface area is 228 Å². The Balaban J connectivity index is 1.31. The SMILES string of the molecule is COC(=O)c1ccnc(Oc2ccc(C(C)(C)c3ccc(OC4CC(NC(=O)OC(C)(C)C)C4)cc3)cc2)n1. The molecule has 0 atom stereocenters. The van der Waals surface area contributed by atoms with E-state index in [0.29, 0.717) is 5.75 Å². The molecule has 1 aromatic heterocycles. The van der Waals surface area contributed by atoms with Crippen LogP contribution < -0.4 is 14.8 Å². The van der Waals surface area contributed by atoms with Crippen molar-refractivity contribution in [1.29, 1.82) is 0 Å². The first kappa shape index (κ1) is 27.9. The smallest absolute Gasteiger partial charge is 0.407 e. The van der Waals surface area contributed by atoms with Gasteiger partial charge < -0.3 is 24.3 Å². The number of methoxy groups -OCH3 is 1. The van der Waals surface area contributed by atoms with Crippen LogP contribution in [0.1, 0.15) is 69.1 Å². The molecule has 0 spiro atoms. The van der Waals surface area contributed by atoms with Gasteiger partial charge in [0.2, 0.25) is 0 Å². The lowest BCUT2D eigenvalue weighted by molar-refractivity contribution is 0.0362. The molecule has 4 rings (SSSR count). The normalized spacial score (nSPS) is 17.0. The average molecular weight is 534 g/mol. The molecule has 1 heterocycles. The fourth-order valence-electron chi connectivity index (χ4n) is 4.22. The quantitative estimate of drug-likeness (QED) is 0.361. The molecule has 39 heavy (non-hydrogen) atoms. The van der Waals surface area contributed by atoms with E-state index >= 15 is 0 Å². The predicted octanol–water partition coefficient (Wildman–Crippen LogP) is 5.82. The molecule has 1 saturated carbocycles. The molecule has 0 bridgehead atoms. The van der Waals surface area contributed by atoms with Gasteiger partial charge in [0.05, 0.1) is 7.11 Å². The van der Waals surface area contributed by atoms with E-state index in [1.807, 2.05) is 57.2 Å². The molecule has 9 nitrogen and oxygen atoms in total. The summed E-state index contributed by atoms with van der Waals surface area (Å²) < 4.78 is 21.8. The van der Waals surface area contributed by atoms with Crippen LogP contribution in [0, 0.1) is 0 Å². The van der Waals surface area contributed by atoms with Gasteiger partial charge in [0.15, 0.2) is 5.69 Å². The third kappa shape index (κ3) is 7.25. The molecular formula is C30H35N3O6. The van der Waals surface area contributed by atoms with Gasteiger partial charge in [0.1, 0.15) is 23.2 Å². The molecule has 1 aliphatic carbocycles. The molecule has 1 N–H and O–H groups in total. The Morgan fingerprint density at radius 2 is 1.46 bits per heavy atom. The van der Waals surface area contributed by atoms with E-state index in [4.69, 9.17) is 18.9 Å². The first-order valence-electron chi connectivity index (χ1n) is 12.9. The second-order valence-corrected chi connectivity index (χ2v) is 11.0. The summed E-state index contributed by atoms with van der Waals surface area (Å²) in [6.45, 7) is 9.85. The standard InChI is InChI=1S/C30H35N3O6/c1-29(2,3)39-28(35)32-21-17-24(18-21)37-22-11-7-19(8-12-22)30(4,5)20-9-13-23(14-10-20)38-27-31-16-15-25(33-27)26(34)36-6/h7-16,21,24H,17-18H2,1-6H3,(H,32,35). The van der Waals surface area contributed by atoms with Crippen LogP contribution in [0.3, 0.4) is 0 Å². The summed E-state index contributed by atoms with van der Waals surface area (Å²) in [4.78, 5) is 31.8. The van der Waals surface area contributed by atoms with Crippen molar-refractivity contribution < 1.29 is 28.5 Å². The zero-order valence-corrected chi connectivity index (χ0v) is 23.2. The van der Waals surface area contributed by atoms with Crippen molar-refractivity contribution in [2.45, 2.75) is 70.6 Å². The van der Waals surface area contributed by atoms with Crippen molar-refractivity contribution in [2.24, 2.45) is 0 Å². The second kappa shape index (κ2) is 11.3. The first-order chi connectivity index (χ1) is 18.4. The molecule has 206 valence electrons. The number of ether oxygens (including phenoxy) is 4. The van der Waals surface area contributed by atoms with Gasteiger partial charge in [0, 0.05) is 30.5 Å². The van der Waals surface area contributed by atoms with Crippen molar-refractivity contribution in [3.05, 3.63) is 77.6 Å². The highest BCUT2D eigenvalue weighted by Crippen LogP contribution is 2.34. The van der Waals surface area contributed by atoms with Crippen molar-refractivity contribution in [2.75, 3.05) is 7.11 Å². The van der Waals surface area contributed by atoms with Crippen LogP contribution in [-0.4, -0.2) is 46.9 Å². The van der Waals surface area contributed by atoms with Crippen LogP contribution in [0.25, 0.3) is 0 Å². The first-order valence-corrected chi connectivity index (χ1v) is 12.9. The minimum Gasteiger partial charge on any atom is -0.490 e. The van der Waals surface area contributed by atoms with Crippen LogP contribution in [0.5, 0.6) is 17.5 Å². The monoisotopic (exact) mass is 533 g/mol. The highest BCUT2D eigenvalue weighted by atomic mass is 16.6. The van der Waals surface area contributed by atoms with Crippen LogP contribution >= 0.6 is 0 Å². The van der Waals surface area contributed by atoms with E-state index in [1.54, 1.807) is 0 Å². The van der Waals surface area contributed by atoms with Gasteiger partial charge in [-0.15, -0.1) is 0 Å². The topological polar surface area (TPSA) is 109 Å². The van der Waals surface area contributed by atoms with Crippen LogP contribution in [0.4, 0.5) is 4.79 Å². The zero-order valence-electron chi connectivity index (χ0n) is 23.2. The van der Waals surface area contributed by atoms with Gasteiger partial charge in [-0.1, -0.05) is 38.1 Å². The maximum Gasteiger partial charge on any atom is 0.407 e. The third-order valence-corrected chi connectivity index (χ3v) is 6.51. The molecule has 0 saturated heterocycles. The van der Waals surface area contributed by atoms with E-state index in [1.165, 1.54) is 19.4 Å². The van der Waals surface area contributed by atoms with E-state index in [0.717, 1.165) is 29.7 Å². The summed E-state index contributed by atoms with van der Waals surface area (Å²) in [5.41, 5.74) is 1.58. The fraction of sp³-hybridized carbons (Fsp3) is 0.400. The van der Waals surface area contributed by atoms with Gasteiger partial charge in [-0.3, -0.25) is 0 Å². The average Bonchev–Trinajstić information content (AvgIpc) is 2.86. The van der Waals surface area contributed by atoms with Crippen molar-refractivity contribution in [1.82, 2.24) is 15.3 Å². The van der Waals surface area contributed by atoms with E-state index in [-0.39, 0.29) is 29.3 Å². The van der Waals surface area contributed by atoms with E-state index in [9.17, 15) is 9.59 Å². The molecule has 2 aromatic carbocycles. The Kier molecular flexibility index (Phi) is 8.09. The number of nitrogens with zero attached hydrogens (tertiary/aromatic N) is 2. The zero-order chi connectivity index (χ0) is 28.2. The number of nitrogens with one attached hydrogen (secondary N) is 1. The second-order valence-electron chi connectivity index (χ2n) is 11.0. The predicted molar refractivity (Wildman–Crippen MR) is 145 cm³/mol. The largest absolute Gasteiger partial charge is 0.490 e. The van der Waals surface area contributed by atoms with E-state index in [2.05, 4.69) is 41.3 Å². The summed E-state index contributed by atoms with van der Waals surface area (Å²) in [5.74, 6) is 0.802. The minimum atomic E-state index is -0.553. The van der Waals surface area contributed by atoms with E-state index < -0.39 is 17.7 Å². The van der Waals surface area contributed by atoms with Crippen molar-refractivity contribution in [3.8, 4) is 17.5 Å². The van der Waals surface area contributed by atoms with Gasteiger partial charge in [-0.05, 0) is 62.2 Å². The molecule has 1 aliphatic rings. The number of benzene rings is 2. The van der Waals surface area contributed by atoms with Gasteiger partial charge >= 0.3 is 18.1 Å². The Bertz CT molecular complexity index is 1290. The lowest BCUT2D eigenvalue weighted by Crippen LogP contribution is -2.50. The molecule has 9 heteroatoms. The molecule has 1 fully saturated rings. The highest BCUT2D eigenvalue weighted by Gasteiger charge is 2.33. The van der Waals surface area contributed by atoms with Gasteiger partial charge in [0.25, 0.3) is 0 Å². The summed E-state index contributed by atoms with van der Waals surface area (Å²) >= 11 is 0. The van der Waals surface area contributed by atoms with Gasteiger partial charge in [-0.25, -0.2) is 14.6 Å².